The van der Waals surface area contributed by atoms with Crippen LogP contribution in [0.2, 0.25) is 0 Å². The minimum absolute atomic E-state index is 0.0388. The molecule has 0 aliphatic heterocycles. The molecule has 0 fully saturated rings. The molecule has 4 heteroatoms. The molecule has 0 aliphatic carbocycles. The number of ether oxygens (including phenoxy) is 1. The third kappa shape index (κ3) is 4.75. The molecular weight excluding hydrogens is 228 g/mol. The van der Waals surface area contributed by atoms with Gasteiger partial charge in [0.15, 0.2) is 0 Å². The zero-order chi connectivity index (χ0) is 13.2. The highest BCUT2D eigenvalue weighted by Gasteiger charge is 2.09. The summed E-state index contributed by atoms with van der Waals surface area (Å²) in [6.45, 7) is 6.82. The van der Waals surface area contributed by atoms with E-state index >= 15 is 0 Å². The van der Waals surface area contributed by atoms with Gasteiger partial charge in [0.1, 0.15) is 0 Å². The summed E-state index contributed by atoms with van der Waals surface area (Å²) in [5, 5.41) is 6.08. The number of anilines is 1. The molecule has 0 heterocycles. The van der Waals surface area contributed by atoms with E-state index in [1.54, 1.807) is 0 Å². The zero-order valence-electron chi connectivity index (χ0n) is 11.2. The van der Waals surface area contributed by atoms with E-state index < -0.39 is 0 Å². The highest BCUT2D eigenvalue weighted by Crippen LogP contribution is 2.14. The predicted octanol–water partition coefficient (Wildman–Crippen LogP) is 2.27. The lowest BCUT2D eigenvalue weighted by molar-refractivity contribution is 0.0945. The van der Waals surface area contributed by atoms with Gasteiger partial charge in [0, 0.05) is 32.0 Å². The van der Waals surface area contributed by atoms with Crippen molar-refractivity contribution >= 4 is 11.6 Å². The van der Waals surface area contributed by atoms with E-state index in [2.05, 4.69) is 10.6 Å². The van der Waals surface area contributed by atoms with E-state index in [-0.39, 0.29) is 5.91 Å². The number of carbonyl (C=O) groups is 1. The molecule has 18 heavy (non-hydrogen) atoms. The largest absolute Gasteiger partial charge is 0.385 e. The molecule has 4 nitrogen and oxygen atoms in total. The van der Waals surface area contributed by atoms with Crippen LogP contribution in [-0.4, -0.2) is 32.2 Å². The maximum absolute atomic E-state index is 12.0. The smallest absolute Gasteiger partial charge is 0.253 e. The third-order valence-corrected chi connectivity index (χ3v) is 2.49. The Hall–Kier alpha value is -1.55. The summed E-state index contributed by atoms with van der Waals surface area (Å²) in [6, 6.07) is 7.54. The van der Waals surface area contributed by atoms with Gasteiger partial charge in [0.2, 0.25) is 0 Å². The van der Waals surface area contributed by atoms with E-state index in [0.29, 0.717) is 18.7 Å². The molecule has 1 rings (SSSR count). The van der Waals surface area contributed by atoms with E-state index in [0.717, 1.165) is 25.3 Å². The Balaban J connectivity index is 2.45. The van der Waals surface area contributed by atoms with Crippen LogP contribution in [0.1, 0.15) is 30.6 Å². The summed E-state index contributed by atoms with van der Waals surface area (Å²) in [5.74, 6) is -0.0388. The molecule has 1 aromatic rings. The van der Waals surface area contributed by atoms with Gasteiger partial charge in [0.25, 0.3) is 5.91 Å². The standard InChI is InChI=1S/C14H22N2O2/c1-3-15-13-9-6-5-8-12(13)14(17)16-10-7-11-18-4-2/h5-6,8-9,15H,3-4,7,10-11H2,1-2H3,(H,16,17). The van der Waals surface area contributed by atoms with Gasteiger partial charge in [-0.3, -0.25) is 4.79 Å². The lowest BCUT2D eigenvalue weighted by Crippen LogP contribution is -2.26. The number of rotatable bonds is 8. The zero-order valence-corrected chi connectivity index (χ0v) is 11.2. The van der Waals surface area contributed by atoms with E-state index in [1.807, 2.05) is 38.1 Å². The molecule has 0 spiro atoms. The number of nitrogens with one attached hydrogen (secondary N) is 2. The van der Waals surface area contributed by atoms with Crippen LogP contribution >= 0.6 is 0 Å². The Labute approximate surface area is 109 Å². The topological polar surface area (TPSA) is 50.4 Å². The molecule has 0 aliphatic rings. The van der Waals surface area contributed by atoms with Gasteiger partial charge in [-0.2, -0.15) is 0 Å². The van der Waals surface area contributed by atoms with Crippen LogP contribution in [0.3, 0.4) is 0 Å². The quantitative estimate of drug-likeness (QED) is 0.696. The summed E-state index contributed by atoms with van der Waals surface area (Å²) in [4.78, 5) is 12.0. The van der Waals surface area contributed by atoms with Crippen molar-refractivity contribution in [1.82, 2.24) is 5.32 Å². The monoisotopic (exact) mass is 250 g/mol. The van der Waals surface area contributed by atoms with Gasteiger partial charge >= 0.3 is 0 Å². The molecule has 0 saturated carbocycles. The molecule has 0 saturated heterocycles. The first-order valence-electron chi connectivity index (χ1n) is 6.48. The van der Waals surface area contributed by atoms with Crippen molar-refractivity contribution in [3.63, 3.8) is 0 Å². The summed E-state index contributed by atoms with van der Waals surface area (Å²) >= 11 is 0. The normalized spacial score (nSPS) is 10.1. The molecular formula is C14H22N2O2. The molecule has 0 unspecified atom stereocenters. The fourth-order valence-electron chi connectivity index (χ4n) is 1.64. The maximum Gasteiger partial charge on any atom is 0.253 e. The predicted molar refractivity (Wildman–Crippen MR) is 74.0 cm³/mol. The Kier molecular flexibility index (Phi) is 6.87. The van der Waals surface area contributed by atoms with Crippen LogP contribution in [-0.2, 0) is 4.74 Å². The second-order valence-electron chi connectivity index (χ2n) is 3.88. The highest BCUT2D eigenvalue weighted by molar-refractivity contribution is 5.99. The lowest BCUT2D eigenvalue weighted by Gasteiger charge is -2.10. The maximum atomic E-state index is 12.0. The summed E-state index contributed by atoms with van der Waals surface area (Å²) in [5.41, 5.74) is 1.57. The highest BCUT2D eigenvalue weighted by atomic mass is 16.5. The van der Waals surface area contributed by atoms with E-state index in [9.17, 15) is 4.79 Å². The van der Waals surface area contributed by atoms with Crippen LogP contribution < -0.4 is 10.6 Å². The fourth-order valence-corrected chi connectivity index (χ4v) is 1.64. The van der Waals surface area contributed by atoms with Gasteiger partial charge in [-0.15, -0.1) is 0 Å². The Morgan fingerprint density at radius 1 is 1.28 bits per heavy atom. The van der Waals surface area contributed by atoms with Crippen molar-refractivity contribution in [2.75, 3.05) is 31.6 Å². The van der Waals surface area contributed by atoms with Gasteiger partial charge in [-0.05, 0) is 32.4 Å². The van der Waals surface area contributed by atoms with E-state index in [4.69, 9.17) is 4.74 Å². The molecule has 0 atom stereocenters. The number of amides is 1. The molecule has 0 aromatic heterocycles. The van der Waals surface area contributed by atoms with Crippen molar-refractivity contribution < 1.29 is 9.53 Å². The molecule has 1 amide bonds. The molecule has 0 radical (unpaired) electrons. The first-order chi connectivity index (χ1) is 8.79. The van der Waals surface area contributed by atoms with Crippen molar-refractivity contribution in [2.45, 2.75) is 20.3 Å². The van der Waals surface area contributed by atoms with Crippen LogP contribution in [0.5, 0.6) is 0 Å². The van der Waals surface area contributed by atoms with Crippen LogP contribution in [0.4, 0.5) is 5.69 Å². The van der Waals surface area contributed by atoms with Crippen molar-refractivity contribution in [1.29, 1.82) is 0 Å². The summed E-state index contributed by atoms with van der Waals surface area (Å²) in [7, 11) is 0. The first kappa shape index (κ1) is 14.5. The number of carbonyl (C=O) groups excluding carboxylic acids is 1. The van der Waals surface area contributed by atoms with Gasteiger partial charge < -0.3 is 15.4 Å². The molecule has 0 bridgehead atoms. The number of benzene rings is 1. The fraction of sp³-hybridized carbons (Fsp3) is 0.500. The lowest BCUT2D eigenvalue weighted by atomic mass is 10.1. The van der Waals surface area contributed by atoms with Gasteiger partial charge in [-0.25, -0.2) is 0 Å². The summed E-state index contributed by atoms with van der Waals surface area (Å²) < 4.78 is 5.22. The Bertz CT molecular complexity index is 367. The van der Waals surface area contributed by atoms with Gasteiger partial charge in [0.05, 0.1) is 5.56 Å². The second kappa shape index (κ2) is 8.53. The van der Waals surface area contributed by atoms with Crippen LogP contribution in [0.15, 0.2) is 24.3 Å². The minimum Gasteiger partial charge on any atom is -0.385 e. The van der Waals surface area contributed by atoms with Crippen LogP contribution in [0.25, 0.3) is 0 Å². The van der Waals surface area contributed by atoms with Crippen molar-refractivity contribution in [3.8, 4) is 0 Å². The molecule has 100 valence electrons. The second-order valence-corrected chi connectivity index (χ2v) is 3.88. The average Bonchev–Trinajstić information content (AvgIpc) is 2.39. The summed E-state index contributed by atoms with van der Waals surface area (Å²) in [6.07, 6.45) is 0.836. The molecule has 2 N–H and O–H groups in total. The van der Waals surface area contributed by atoms with Gasteiger partial charge in [-0.1, -0.05) is 12.1 Å². The molecule has 1 aromatic carbocycles. The minimum atomic E-state index is -0.0388. The first-order valence-corrected chi connectivity index (χ1v) is 6.48. The number of para-hydroxylation sites is 1. The van der Waals surface area contributed by atoms with Crippen molar-refractivity contribution in [3.05, 3.63) is 29.8 Å². The Morgan fingerprint density at radius 3 is 2.78 bits per heavy atom. The van der Waals surface area contributed by atoms with Crippen molar-refractivity contribution in [2.24, 2.45) is 0 Å². The third-order valence-electron chi connectivity index (χ3n) is 2.49. The number of hydrogen-bond acceptors (Lipinski definition) is 3. The number of hydrogen-bond donors (Lipinski definition) is 2. The SMILES string of the molecule is CCNc1ccccc1C(=O)NCCCOCC. The van der Waals surface area contributed by atoms with E-state index in [1.165, 1.54) is 0 Å². The van der Waals surface area contributed by atoms with Crippen LogP contribution in [0, 0.1) is 0 Å². The average molecular weight is 250 g/mol. The Morgan fingerprint density at radius 2 is 2.06 bits per heavy atom.